The van der Waals surface area contributed by atoms with Crippen molar-refractivity contribution in [3.63, 3.8) is 0 Å². The maximum Gasteiger partial charge on any atom is 0.330 e. The molecule has 1 heterocycles. The van der Waals surface area contributed by atoms with E-state index in [1.165, 1.54) is 12.1 Å². The van der Waals surface area contributed by atoms with Gasteiger partial charge in [0.1, 0.15) is 11.6 Å². The topological polar surface area (TPSA) is 30.0 Å². The Morgan fingerprint density at radius 2 is 1.84 bits per heavy atom. The van der Waals surface area contributed by atoms with Crippen LogP contribution in [0.4, 0.5) is 17.6 Å². The Hall–Kier alpha value is -2.24. The second kappa shape index (κ2) is 4.79. The minimum absolute atomic E-state index is 0.211. The van der Waals surface area contributed by atoms with Gasteiger partial charge in [-0.15, -0.1) is 0 Å². The molecule has 1 aromatic heterocycles. The van der Waals surface area contributed by atoms with Gasteiger partial charge in [-0.25, -0.2) is 8.78 Å². The van der Waals surface area contributed by atoms with Crippen molar-refractivity contribution in [1.29, 1.82) is 0 Å². The zero-order valence-electron chi connectivity index (χ0n) is 9.41. The summed E-state index contributed by atoms with van der Waals surface area (Å²) in [5.41, 5.74) is -0.558. The summed E-state index contributed by atoms with van der Waals surface area (Å²) in [5.74, 6) is -5.66. The van der Waals surface area contributed by atoms with Gasteiger partial charge < -0.3 is 0 Å². The third kappa shape index (κ3) is 2.62. The van der Waals surface area contributed by atoms with Crippen molar-refractivity contribution in [3.8, 4) is 11.3 Å². The molecule has 0 aliphatic carbocycles. The molecule has 0 spiro atoms. The van der Waals surface area contributed by atoms with Gasteiger partial charge in [0.2, 0.25) is 0 Å². The highest BCUT2D eigenvalue weighted by atomic mass is 19.3. The van der Waals surface area contributed by atoms with Gasteiger partial charge in [-0.1, -0.05) is 6.07 Å². The first kappa shape index (κ1) is 13.2. The first-order valence-electron chi connectivity index (χ1n) is 5.20. The summed E-state index contributed by atoms with van der Waals surface area (Å²) in [6.45, 7) is 0. The first-order valence-corrected chi connectivity index (χ1v) is 5.20. The number of aromatic nitrogens is 1. The van der Waals surface area contributed by atoms with Crippen LogP contribution in [0.1, 0.15) is 5.56 Å². The molecule has 0 aliphatic heterocycles. The van der Waals surface area contributed by atoms with Gasteiger partial charge in [-0.3, -0.25) is 9.78 Å². The minimum atomic E-state index is -3.88. The number of hydrogen-bond donors (Lipinski definition) is 0. The fraction of sp³-hybridized carbons (Fsp3) is 0.0769. The van der Waals surface area contributed by atoms with Crippen LogP contribution in [0, 0.1) is 11.6 Å². The normalized spacial score (nSPS) is 11.4. The van der Waals surface area contributed by atoms with E-state index in [0.29, 0.717) is 0 Å². The second-order valence-corrected chi connectivity index (χ2v) is 3.80. The number of benzene rings is 1. The first-order chi connectivity index (χ1) is 8.94. The molecule has 0 radical (unpaired) electrons. The molecule has 2 nitrogen and oxygen atoms in total. The van der Waals surface area contributed by atoms with E-state index in [9.17, 15) is 22.4 Å². The van der Waals surface area contributed by atoms with Crippen LogP contribution in [0.15, 0.2) is 36.5 Å². The average molecular weight is 269 g/mol. The van der Waals surface area contributed by atoms with E-state index < -0.39 is 29.4 Å². The molecule has 0 fully saturated rings. The largest absolute Gasteiger partial charge is 0.330 e. The van der Waals surface area contributed by atoms with E-state index in [4.69, 9.17) is 0 Å². The van der Waals surface area contributed by atoms with E-state index in [1.807, 2.05) is 0 Å². The lowest BCUT2D eigenvalue weighted by Crippen LogP contribution is -2.16. The van der Waals surface area contributed by atoms with Crippen LogP contribution in [-0.2, 0) is 10.7 Å². The number of alkyl halides is 2. The molecular weight excluding hydrogens is 262 g/mol. The van der Waals surface area contributed by atoms with E-state index >= 15 is 0 Å². The summed E-state index contributed by atoms with van der Waals surface area (Å²) >= 11 is 0. The molecule has 0 saturated heterocycles. The molecule has 6 heteroatoms. The number of aldehydes is 1. The summed E-state index contributed by atoms with van der Waals surface area (Å²) < 4.78 is 52.3. The van der Waals surface area contributed by atoms with Gasteiger partial charge in [0.25, 0.3) is 0 Å². The second-order valence-electron chi connectivity index (χ2n) is 3.80. The van der Waals surface area contributed by atoms with E-state index in [0.717, 1.165) is 24.4 Å². The summed E-state index contributed by atoms with van der Waals surface area (Å²) in [5, 5.41) is 0. The number of pyridine rings is 1. The molecular formula is C13H7F4NO. The van der Waals surface area contributed by atoms with Crippen molar-refractivity contribution in [2.24, 2.45) is 0 Å². The van der Waals surface area contributed by atoms with Gasteiger partial charge >= 0.3 is 5.92 Å². The smallest absolute Gasteiger partial charge is 0.296 e. The number of hydrogen-bond acceptors (Lipinski definition) is 2. The molecule has 0 atom stereocenters. The zero-order chi connectivity index (χ0) is 14.0. The number of rotatable bonds is 3. The SMILES string of the molecule is O=CC(F)(F)c1ccc(-c2ccc(F)cn2)cc1F. The van der Waals surface area contributed by atoms with Crippen molar-refractivity contribution in [3.05, 3.63) is 53.7 Å². The van der Waals surface area contributed by atoms with Crippen LogP contribution in [-0.4, -0.2) is 11.3 Å². The van der Waals surface area contributed by atoms with Crippen molar-refractivity contribution < 1.29 is 22.4 Å². The van der Waals surface area contributed by atoms with Gasteiger partial charge in [-0.05, 0) is 24.3 Å². The minimum Gasteiger partial charge on any atom is -0.296 e. The van der Waals surface area contributed by atoms with Gasteiger partial charge in [0.05, 0.1) is 17.5 Å². The number of nitrogens with zero attached hydrogens (tertiary/aromatic N) is 1. The fourth-order valence-corrected chi connectivity index (χ4v) is 1.55. The Kier molecular flexibility index (Phi) is 3.33. The van der Waals surface area contributed by atoms with Crippen LogP contribution < -0.4 is 0 Å². The Morgan fingerprint density at radius 1 is 1.11 bits per heavy atom. The summed E-state index contributed by atoms with van der Waals surface area (Å²) in [6, 6.07) is 5.24. The summed E-state index contributed by atoms with van der Waals surface area (Å²) in [7, 11) is 0. The molecule has 0 saturated carbocycles. The average Bonchev–Trinajstić information content (AvgIpc) is 2.39. The molecule has 98 valence electrons. The maximum absolute atomic E-state index is 13.6. The molecule has 2 rings (SSSR count). The van der Waals surface area contributed by atoms with Crippen molar-refractivity contribution in [2.45, 2.75) is 5.92 Å². The third-order valence-electron chi connectivity index (χ3n) is 2.50. The lowest BCUT2D eigenvalue weighted by Gasteiger charge is -2.11. The number of carbonyl (C=O) groups excluding carboxylic acids is 1. The lowest BCUT2D eigenvalue weighted by molar-refractivity contribution is -0.130. The highest BCUT2D eigenvalue weighted by molar-refractivity contribution is 5.66. The number of carbonyl (C=O) groups is 1. The molecule has 19 heavy (non-hydrogen) atoms. The third-order valence-corrected chi connectivity index (χ3v) is 2.50. The van der Waals surface area contributed by atoms with Gasteiger partial charge in [0.15, 0.2) is 6.29 Å². The maximum atomic E-state index is 13.6. The quantitative estimate of drug-likeness (QED) is 0.632. The fourth-order valence-electron chi connectivity index (χ4n) is 1.55. The standard InChI is InChI=1S/C13H7F4NO/c14-9-2-4-12(18-6-9)8-1-3-10(11(15)5-8)13(16,17)7-19/h1-7H. The molecule has 0 aliphatic rings. The molecule has 1 aromatic carbocycles. The summed E-state index contributed by atoms with van der Waals surface area (Å²) in [6.07, 6.45) is 0.308. The van der Waals surface area contributed by atoms with Crippen molar-refractivity contribution >= 4 is 6.29 Å². The molecule has 0 bridgehead atoms. The van der Waals surface area contributed by atoms with E-state index in [1.54, 1.807) is 0 Å². The zero-order valence-corrected chi connectivity index (χ0v) is 9.41. The molecule has 0 amide bonds. The Labute approximate surface area is 105 Å². The Bertz CT molecular complexity index is 611. The Balaban J connectivity index is 2.44. The summed E-state index contributed by atoms with van der Waals surface area (Å²) in [4.78, 5) is 13.9. The highest BCUT2D eigenvalue weighted by Crippen LogP contribution is 2.30. The van der Waals surface area contributed by atoms with Gasteiger partial charge in [0, 0.05) is 5.56 Å². The van der Waals surface area contributed by atoms with Crippen LogP contribution in [0.2, 0.25) is 0 Å². The monoisotopic (exact) mass is 269 g/mol. The van der Waals surface area contributed by atoms with Crippen molar-refractivity contribution in [1.82, 2.24) is 4.98 Å². The van der Waals surface area contributed by atoms with E-state index in [-0.39, 0.29) is 11.3 Å². The van der Waals surface area contributed by atoms with Crippen LogP contribution in [0.5, 0.6) is 0 Å². The van der Waals surface area contributed by atoms with Crippen LogP contribution in [0.3, 0.4) is 0 Å². The molecule has 2 aromatic rings. The van der Waals surface area contributed by atoms with Crippen molar-refractivity contribution in [2.75, 3.05) is 0 Å². The lowest BCUT2D eigenvalue weighted by atomic mass is 10.0. The van der Waals surface area contributed by atoms with Crippen LogP contribution in [0.25, 0.3) is 11.3 Å². The van der Waals surface area contributed by atoms with Gasteiger partial charge in [-0.2, -0.15) is 8.78 Å². The molecule has 0 unspecified atom stereocenters. The van der Waals surface area contributed by atoms with E-state index in [2.05, 4.69) is 4.98 Å². The predicted octanol–water partition coefficient (Wildman–Crippen LogP) is 3.32. The predicted molar refractivity (Wildman–Crippen MR) is 59.5 cm³/mol. The number of halogens is 4. The highest BCUT2D eigenvalue weighted by Gasteiger charge is 2.34. The van der Waals surface area contributed by atoms with Crippen LogP contribution >= 0.6 is 0 Å². The Morgan fingerprint density at radius 3 is 2.37 bits per heavy atom. The molecule has 0 N–H and O–H groups in total.